The van der Waals surface area contributed by atoms with E-state index in [-0.39, 0.29) is 13.2 Å². The fourth-order valence-corrected chi connectivity index (χ4v) is 1.59. The first-order valence-electron chi connectivity index (χ1n) is 6.10. The van der Waals surface area contributed by atoms with Crippen molar-refractivity contribution in [1.29, 1.82) is 0 Å². The number of rotatable bonds is 8. The van der Waals surface area contributed by atoms with E-state index < -0.39 is 17.0 Å². The topological polar surface area (TPSA) is 113 Å². The fourth-order valence-electron chi connectivity index (χ4n) is 0.845. The Balaban J connectivity index is 0. The summed E-state index contributed by atoms with van der Waals surface area (Å²) in [5, 5.41) is 0. The molecule has 7 nitrogen and oxygen atoms in total. The van der Waals surface area contributed by atoms with Crippen molar-refractivity contribution >= 4 is 17.0 Å². The maximum atomic E-state index is 11.3. The average molecular weight is 316 g/mol. The number of phosphoric ester groups is 1. The van der Waals surface area contributed by atoms with Gasteiger partial charge in [0.2, 0.25) is 0 Å². The first kappa shape index (κ1) is 21.0. The Morgan fingerprint density at radius 3 is 1.47 bits per heavy atom. The summed E-state index contributed by atoms with van der Waals surface area (Å²) in [5.74, 6) is 0.918. The first-order valence-corrected chi connectivity index (χ1v) is 8.90. The predicted octanol–water partition coefficient (Wildman–Crippen LogP) is 1.60. The van der Waals surface area contributed by atoms with Crippen molar-refractivity contribution in [3.8, 4) is 0 Å². The van der Waals surface area contributed by atoms with Gasteiger partial charge in [-0.25, -0.2) is 4.57 Å². The molecular weight excluding hydrogens is 291 g/mol. The molecule has 0 radical (unpaired) electrons. The molecule has 0 atom stereocenters. The van der Waals surface area contributed by atoms with Crippen LogP contribution in [-0.2, 0) is 18.1 Å². The zero-order valence-corrected chi connectivity index (χ0v) is 13.8. The van der Waals surface area contributed by atoms with Crippen molar-refractivity contribution in [1.82, 2.24) is 0 Å². The quantitative estimate of drug-likeness (QED) is 0.460. The highest BCUT2D eigenvalue weighted by Crippen LogP contribution is 2.43. The van der Waals surface area contributed by atoms with Crippen LogP contribution in [0.3, 0.4) is 0 Å². The molecule has 0 aliphatic heterocycles. The molecule has 0 aliphatic carbocycles. The second kappa shape index (κ2) is 11.5. The molecule has 0 saturated heterocycles. The van der Waals surface area contributed by atoms with E-state index >= 15 is 0 Å². The van der Waals surface area contributed by atoms with Gasteiger partial charge in [-0.2, -0.15) is 0 Å². The van der Waals surface area contributed by atoms with Crippen LogP contribution in [0.15, 0.2) is 0 Å². The summed E-state index contributed by atoms with van der Waals surface area (Å²) in [5.41, 5.74) is 0. The van der Waals surface area contributed by atoms with Gasteiger partial charge in [-0.15, -0.1) is 0 Å². The van der Waals surface area contributed by atoms with E-state index in [4.69, 9.17) is 23.1 Å². The highest BCUT2D eigenvalue weighted by atomic mass is 31.2. The van der Waals surface area contributed by atoms with E-state index in [1.54, 1.807) is 0 Å². The summed E-state index contributed by atoms with van der Waals surface area (Å²) >= 11 is 0. The van der Waals surface area contributed by atoms with Crippen LogP contribution >= 0.6 is 7.82 Å². The molecule has 0 heterocycles. The molecule has 0 aromatic heterocycles. The smallest absolute Gasteiger partial charge is 0.511 e. The Hall–Kier alpha value is -0.273. The van der Waals surface area contributed by atoms with E-state index in [1.165, 1.54) is 0 Å². The number of hydrogen-bond acceptors (Lipinski definition) is 4. The van der Waals surface area contributed by atoms with Crippen LogP contribution in [0.1, 0.15) is 40.5 Å². The SMILES string of the molecule is CC(C)CCOP(=O)(O)OCCC(C)C.O=[Si](O)O. The molecule has 0 rings (SSSR count). The monoisotopic (exact) mass is 316 g/mol. The summed E-state index contributed by atoms with van der Waals surface area (Å²) < 4.78 is 29.7. The van der Waals surface area contributed by atoms with Crippen molar-refractivity contribution < 1.29 is 32.6 Å². The van der Waals surface area contributed by atoms with Crippen LogP contribution in [0.2, 0.25) is 0 Å². The van der Waals surface area contributed by atoms with Crippen molar-refractivity contribution in [2.45, 2.75) is 40.5 Å². The lowest BCUT2D eigenvalue weighted by atomic mass is 10.2. The zero-order valence-electron chi connectivity index (χ0n) is 11.9. The van der Waals surface area contributed by atoms with E-state index in [0.29, 0.717) is 11.8 Å². The summed E-state index contributed by atoms with van der Waals surface area (Å²) in [4.78, 5) is 23.6. The maximum Gasteiger partial charge on any atom is 0.761 e. The first-order chi connectivity index (χ1) is 8.57. The van der Waals surface area contributed by atoms with Gasteiger partial charge >= 0.3 is 17.0 Å². The minimum absolute atomic E-state index is 0.271. The van der Waals surface area contributed by atoms with Gasteiger partial charge in [0.15, 0.2) is 0 Å². The molecule has 0 saturated carbocycles. The van der Waals surface area contributed by atoms with E-state index in [2.05, 4.69) is 0 Å². The van der Waals surface area contributed by atoms with Crippen molar-refractivity contribution in [2.24, 2.45) is 11.8 Å². The van der Waals surface area contributed by atoms with Gasteiger partial charge in [-0.1, -0.05) is 27.7 Å². The van der Waals surface area contributed by atoms with Crippen LogP contribution < -0.4 is 0 Å². The largest absolute Gasteiger partial charge is 0.761 e. The van der Waals surface area contributed by atoms with Crippen molar-refractivity contribution in [3.63, 3.8) is 0 Å². The predicted molar refractivity (Wildman–Crippen MR) is 71.5 cm³/mol. The van der Waals surface area contributed by atoms with Gasteiger partial charge in [0.1, 0.15) is 0 Å². The minimum Gasteiger partial charge on any atom is -0.511 e. The minimum atomic E-state index is -3.80. The van der Waals surface area contributed by atoms with Gasteiger partial charge < -0.3 is 14.5 Å². The molecule has 0 unspecified atom stereocenters. The Morgan fingerprint density at radius 1 is 1.00 bits per heavy atom. The molecular formula is C10H25O7PSi. The van der Waals surface area contributed by atoms with E-state index in [1.807, 2.05) is 27.7 Å². The summed E-state index contributed by atoms with van der Waals surface area (Å²) in [6.45, 7) is 8.67. The Morgan fingerprint density at radius 2 is 1.26 bits per heavy atom. The molecule has 0 aromatic carbocycles. The lowest BCUT2D eigenvalue weighted by Gasteiger charge is -2.13. The molecule has 0 fully saturated rings. The number of hydrogen-bond donors (Lipinski definition) is 3. The van der Waals surface area contributed by atoms with Gasteiger partial charge in [0.05, 0.1) is 13.2 Å². The molecule has 0 bridgehead atoms. The van der Waals surface area contributed by atoms with Crippen LogP contribution in [0.25, 0.3) is 0 Å². The molecule has 3 N–H and O–H groups in total. The van der Waals surface area contributed by atoms with Crippen molar-refractivity contribution in [3.05, 3.63) is 0 Å². The van der Waals surface area contributed by atoms with Crippen molar-refractivity contribution in [2.75, 3.05) is 13.2 Å². The third-order valence-electron chi connectivity index (χ3n) is 1.90. The molecule has 116 valence electrons. The second-order valence-corrected chi connectivity index (χ2v) is 6.80. The normalized spacial score (nSPS) is 11.3. The Bertz CT molecular complexity index is 261. The summed E-state index contributed by atoms with van der Waals surface area (Å²) in [6, 6.07) is 0. The van der Waals surface area contributed by atoms with Crippen LogP contribution in [0, 0.1) is 11.8 Å². The highest BCUT2D eigenvalue weighted by molar-refractivity contribution is 7.47. The average Bonchev–Trinajstić information content (AvgIpc) is 2.14. The Labute approximate surface area is 116 Å². The summed E-state index contributed by atoms with van der Waals surface area (Å²) in [6.07, 6.45) is 1.52. The lowest BCUT2D eigenvalue weighted by Crippen LogP contribution is -2.02. The Kier molecular flexibility index (Phi) is 12.8. The lowest BCUT2D eigenvalue weighted by molar-refractivity contribution is 0.139. The second-order valence-electron chi connectivity index (χ2n) is 4.78. The third-order valence-corrected chi connectivity index (χ3v) is 2.92. The fraction of sp³-hybridized carbons (Fsp3) is 1.00. The van der Waals surface area contributed by atoms with E-state index in [0.717, 1.165) is 12.8 Å². The van der Waals surface area contributed by atoms with Gasteiger partial charge in [-0.05, 0) is 24.7 Å². The maximum absolute atomic E-state index is 11.3. The van der Waals surface area contributed by atoms with E-state index in [9.17, 15) is 9.46 Å². The zero-order chi connectivity index (χ0) is 15.5. The highest BCUT2D eigenvalue weighted by Gasteiger charge is 2.20. The molecule has 9 heteroatoms. The molecule has 0 spiro atoms. The van der Waals surface area contributed by atoms with Gasteiger partial charge in [0.25, 0.3) is 0 Å². The third kappa shape index (κ3) is 23.3. The molecule has 0 aromatic rings. The number of phosphoric acid groups is 1. The van der Waals surface area contributed by atoms with Gasteiger partial charge in [0, 0.05) is 0 Å². The molecule has 0 aliphatic rings. The van der Waals surface area contributed by atoms with Gasteiger partial charge in [-0.3, -0.25) is 13.5 Å². The standard InChI is InChI=1S/C10H23O4P.H2O3Si/c1-9(2)5-7-13-15(11,12)14-8-6-10(3)4;1-4(2)3/h9-10H,5-8H2,1-4H3,(H,11,12);1-2H. The van der Waals surface area contributed by atoms with Crippen LogP contribution in [0.4, 0.5) is 0 Å². The molecule has 0 amide bonds. The van der Waals surface area contributed by atoms with Crippen LogP contribution in [0.5, 0.6) is 0 Å². The summed E-state index contributed by atoms with van der Waals surface area (Å²) in [7, 11) is -6.93. The van der Waals surface area contributed by atoms with Crippen LogP contribution in [-0.4, -0.2) is 36.9 Å². The molecule has 19 heavy (non-hydrogen) atoms.